The summed E-state index contributed by atoms with van der Waals surface area (Å²) in [6.07, 6.45) is 9.54. The fraction of sp³-hybridized carbons (Fsp3) is 0.647. The minimum absolute atomic E-state index is 0.504. The number of rotatable bonds is 8. The van der Waals surface area contributed by atoms with E-state index in [2.05, 4.69) is 42.7 Å². The third-order valence-electron chi connectivity index (χ3n) is 4.09. The van der Waals surface area contributed by atoms with Crippen molar-refractivity contribution in [2.45, 2.75) is 57.1 Å². The summed E-state index contributed by atoms with van der Waals surface area (Å²) in [5.74, 6) is 0. The second-order valence-electron chi connectivity index (χ2n) is 5.52. The van der Waals surface area contributed by atoms with Gasteiger partial charge in [-0.25, -0.2) is 0 Å². The third kappa shape index (κ3) is 4.96. The van der Waals surface area contributed by atoms with Gasteiger partial charge < -0.3 is 10.1 Å². The van der Waals surface area contributed by atoms with E-state index in [1.165, 1.54) is 50.5 Å². The lowest BCUT2D eigenvalue weighted by atomic mass is 9.99. The lowest BCUT2D eigenvalue weighted by molar-refractivity contribution is 0.102. The maximum absolute atomic E-state index is 5.66. The van der Waals surface area contributed by atoms with E-state index in [1.807, 2.05) is 0 Å². The van der Waals surface area contributed by atoms with Crippen molar-refractivity contribution in [3.05, 3.63) is 35.9 Å². The second-order valence-corrected chi connectivity index (χ2v) is 5.52. The Morgan fingerprint density at radius 1 is 1.21 bits per heavy atom. The molecule has 2 nitrogen and oxygen atoms in total. The minimum atomic E-state index is 0.504. The van der Waals surface area contributed by atoms with E-state index >= 15 is 0 Å². The Balaban J connectivity index is 1.61. The zero-order valence-corrected chi connectivity index (χ0v) is 12.1. The normalized spacial score (nSPS) is 20.6. The summed E-state index contributed by atoms with van der Waals surface area (Å²) in [6, 6.07) is 11.3. The van der Waals surface area contributed by atoms with E-state index in [0.29, 0.717) is 12.1 Å². The van der Waals surface area contributed by atoms with Crippen LogP contribution in [-0.4, -0.2) is 19.8 Å². The second kappa shape index (κ2) is 8.34. The highest BCUT2D eigenvalue weighted by Crippen LogP contribution is 2.21. The summed E-state index contributed by atoms with van der Waals surface area (Å²) in [7, 11) is 2.06. The number of hydrogen-bond acceptors (Lipinski definition) is 2. The number of ether oxygens (including phenoxy) is 1. The third-order valence-corrected chi connectivity index (χ3v) is 4.09. The highest BCUT2D eigenvalue weighted by atomic mass is 16.5. The predicted molar refractivity (Wildman–Crippen MR) is 80.3 cm³/mol. The molecule has 0 bridgehead atoms. The van der Waals surface area contributed by atoms with Gasteiger partial charge in [-0.05, 0) is 38.3 Å². The Morgan fingerprint density at radius 2 is 2.05 bits per heavy atom. The van der Waals surface area contributed by atoms with E-state index in [-0.39, 0.29) is 0 Å². The van der Waals surface area contributed by atoms with Gasteiger partial charge in [-0.15, -0.1) is 0 Å². The van der Waals surface area contributed by atoms with Crippen molar-refractivity contribution in [3.63, 3.8) is 0 Å². The van der Waals surface area contributed by atoms with Gasteiger partial charge in [0.05, 0.1) is 6.10 Å². The van der Waals surface area contributed by atoms with Crippen LogP contribution in [0, 0.1) is 0 Å². The maximum atomic E-state index is 5.66. The fourth-order valence-corrected chi connectivity index (χ4v) is 2.93. The summed E-state index contributed by atoms with van der Waals surface area (Å²) in [6.45, 7) is 0.987. The monoisotopic (exact) mass is 261 g/mol. The summed E-state index contributed by atoms with van der Waals surface area (Å²) >= 11 is 0. The largest absolute Gasteiger partial charge is 0.378 e. The molecule has 19 heavy (non-hydrogen) atoms. The molecule has 0 aliphatic carbocycles. The van der Waals surface area contributed by atoms with E-state index in [4.69, 9.17) is 4.74 Å². The van der Waals surface area contributed by atoms with Gasteiger partial charge in [0.15, 0.2) is 0 Å². The smallest absolute Gasteiger partial charge is 0.0576 e. The molecular weight excluding hydrogens is 234 g/mol. The molecule has 1 fully saturated rings. The number of nitrogens with one attached hydrogen (secondary N) is 1. The zero-order valence-electron chi connectivity index (χ0n) is 12.1. The molecule has 0 radical (unpaired) electrons. The van der Waals surface area contributed by atoms with Gasteiger partial charge in [-0.2, -0.15) is 0 Å². The van der Waals surface area contributed by atoms with Crippen LogP contribution in [0.4, 0.5) is 0 Å². The van der Waals surface area contributed by atoms with Crippen LogP contribution in [0.15, 0.2) is 30.3 Å². The maximum Gasteiger partial charge on any atom is 0.0576 e. The van der Waals surface area contributed by atoms with Gasteiger partial charge in [0, 0.05) is 12.6 Å². The fourth-order valence-electron chi connectivity index (χ4n) is 2.93. The van der Waals surface area contributed by atoms with Crippen LogP contribution in [0.3, 0.4) is 0 Å². The quantitative estimate of drug-likeness (QED) is 0.712. The molecule has 2 rings (SSSR count). The Morgan fingerprint density at radius 3 is 2.74 bits per heavy atom. The predicted octanol–water partition coefficient (Wildman–Crippen LogP) is 4.08. The molecule has 0 saturated carbocycles. The van der Waals surface area contributed by atoms with E-state index in [9.17, 15) is 0 Å². The van der Waals surface area contributed by atoms with Crippen molar-refractivity contribution in [2.75, 3.05) is 13.7 Å². The highest BCUT2D eigenvalue weighted by Gasteiger charge is 2.14. The molecule has 0 aromatic heterocycles. The molecule has 2 heteroatoms. The molecular formula is C17H27NO. The Hall–Kier alpha value is -0.860. The minimum Gasteiger partial charge on any atom is -0.378 e. The molecule has 1 aliphatic rings. The first-order valence-corrected chi connectivity index (χ1v) is 7.74. The standard InChI is InChI=1S/C17H27NO/c1-18-17(15-9-4-2-5-10-15)13-7-3-6-11-16-12-8-14-19-16/h2,4-5,9-10,16-18H,3,6-8,11-14H2,1H3. The van der Waals surface area contributed by atoms with E-state index < -0.39 is 0 Å². The summed E-state index contributed by atoms with van der Waals surface area (Å²) in [4.78, 5) is 0. The lowest BCUT2D eigenvalue weighted by Crippen LogP contribution is -2.16. The molecule has 1 N–H and O–H groups in total. The SMILES string of the molecule is CNC(CCCCCC1CCCO1)c1ccccc1. The van der Waals surface area contributed by atoms with Crippen LogP contribution in [0.2, 0.25) is 0 Å². The average molecular weight is 261 g/mol. The summed E-state index contributed by atoms with van der Waals surface area (Å²) in [5.41, 5.74) is 1.41. The molecule has 1 aromatic rings. The van der Waals surface area contributed by atoms with Crippen LogP contribution < -0.4 is 5.32 Å². The Labute approximate surface area is 117 Å². The van der Waals surface area contributed by atoms with Crippen LogP contribution in [0.1, 0.15) is 56.6 Å². The van der Waals surface area contributed by atoms with Gasteiger partial charge in [0.1, 0.15) is 0 Å². The molecule has 2 atom stereocenters. The molecule has 0 amide bonds. The van der Waals surface area contributed by atoms with E-state index in [0.717, 1.165) is 6.61 Å². The van der Waals surface area contributed by atoms with Crippen molar-refractivity contribution in [1.82, 2.24) is 5.32 Å². The average Bonchev–Trinajstić information content (AvgIpc) is 2.97. The van der Waals surface area contributed by atoms with Gasteiger partial charge in [-0.1, -0.05) is 49.6 Å². The summed E-state index contributed by atoms with van der Waals surface area (Å²) < 4.78 is 5.66. The molecule has 1 saturated heterocycles. The van der Waals surface area contributed by atoms with Crippen LogP contribution in [0.5, 0.6) is 0 Å². The van der Waals surface area contributed by atoms with Crippen molar-refractivity contribution in [3.8, 4) is 0 Å². The molecule has 1 aromatic carbocycles. The van der Waals surface area contributed by atoms with Crippen molar-refractivity contribution < 1.29 is 4.74 Å². The van der Waals surface area contributed by atoms with Crippen LogP contribution in [-0.2, 0) is 4.74 Å². The van der Waals surface area contributed by atoms with Gasteiger partial charge in [0.25, 0.3) is 0 Å². The first kappa shape index (κ1) is 14.5. The molecule has 1 heterocycles. The van der Waals surface area contributed by atoms with Crippen LogP contribution >= 0.6 is 0 Å². The van der Waals surface area contributed by atoms with Crippen molar-refractivity contribution in [2.24, 2.45) is 0 Å². The Kier molecular flexibility index (Phi) is 6.38. The number of unbranched alkanes of at least 4 members (excludes halogenated alkanes) is 2. The van der Waals surface area contributed by atoms with Gasteiger partial charge in [-0.3, -0.25) is 0 Å². The van der Waals surface area contributed by atoms with Gasteiger partial charge >= 0.3 is 0 Å². The first-order chi connectivity index (χ1) is 9.40. The van der Waals surface area contributed by atoms with Gasteiger partial charge in [0.2, 0.25) is 0 Å². The number of benzene rings is 1. The first-order valence-electron chi connectivity index (χ1n) is 7.74. The topological polar surface area (TPSA) is 21.3 Å². The van der Waals surface area contributed by atoms with E-state index in [1.54, 1.807) is 0 Å². The lowest BCUT2D eigenvalue weighted by Gasteiger charge is -2.16. The van der Waals surface area contributed by atoms with Crippen molar-refractivity contribution in [1.29, 1.82) is 0 Å². The Bertz CT molecular complexity index is 332. The molecule has 1 aliphatic heterocycles. The zero-order chi connectivity index (χ0) is 13.3. The van der Waals surface area contributed by atoms with Crippen molar-refractivity contribution >= 4 is 0 Å². The molecule has 0 spiro atoms. The number of hydrogen-bond donors (Lipinski definition) is 1. The summed E-state index contributed by atoms with van der Waals surface area (Å²) in [5, 5.41) is 3.43. The molecule has 2 unspecified atom stereocenters. The van der Waals surface area contributed by atoms with Crippen LogP contribution in [0.25, 0.3) is 0 Å². The highest BCUT2D eigenvalue weighted by molar-refractivity contribution is 5.18. The molecule has 106 valence electrons.